The van der Waals surface area contributed by atoms with Crippen molar-refractivity contribution in [2.75, 3.05) is 30.3 Å². The van der Waals surface area contributed by atoms with Crippen molar-refractivity contribution in [3.05, 3.63) is 83.7 Å². The lowest BCUT2D eigenvalue weighted by Crippen LogP contribution is -2.41. The number of aromatic nitrogens is 4. The number of rotatable bonds is 9. The van der Waals surface area contributed by atoms with Crippen LogP contribution in [0.25, 0.3) is 22.9 Å². The first-order chi connectivity index (χ1) is 23.3. The van der Waals surface area contributed by atoms with Crippen LogP contribution >= 0.6 is 0 Å². The number of nitrogens with zero attached hydrogens (tertiary/aromatic N) is 5. The number of aliphatic carboxylic acids is 2. The zero-order valence-corrected chi connectivity index (χ0v) is 26.4. The summed E-state index contributed by atoms with van der Waals surface area (Å²) in [6, 6.07) is 13.7. The number of carbonyl (C=O) groups is 2. The molecule has 0 radical (unpaired) electrons. The summed E-state index contributed by atoms with van der Waals surface area (Å²) in [6.45, 7) is 3.29. The van der Waals surface area contributed by atoms with E-state index in [1.54, 1.807) is 49.5 Å². The molecule has 2 aliphatic rings. The number of hydrogen-bond donors (Lipinski definition) is 4. The molecule has 2 saturated heterocycles. The Bertz CT molecular complexity index is 1900. The van der Waals surface area contributed by atoms with E-state index in [2.05, 4.69) is 20.4 Å². The number of alkyl halides is 3. The smallest absolute Gasteiger partial charge is 0.429 e. The highest BCUT2D eigenvalue weighted by Gasteiger charge is 2.46. The van der Waals surface area contributed by atoms with E-state index in [9.17, 15) is 14.7 Å². The molecule has 6 rings (SSSR count). The standard InChI is InChI=1S/C34H34F3N7O5/c1-20-9-12-44(42-20)26-7-6-23(22-4-2-3-21(15-22)5-8-29(45)46)16-24(26)30(34(35,36)37)49-28-17-27(40-32(38)41-28)43-13-10-33(11-14-43)18-25(31(47)48)39-19-33/h2-9,12,15-17,25,30,39H,10-11,13-14,18-19H2,1H3,(H,45,46)(H,47,48)(H2,38,40,41)/t25?,30-/m1/s1. The Morgan fingerprint density at radius 1 is 1.08 bits per heavy atom. The predicted molar refractivity (Wildman–Crippen MR) is 174 cm³/mol. The van der Waals surface area contributed by atoms with E-state index in [1.165, 1.54) is 29.0 Å². The maximum atomic E-state index is 15.0. The number of benzene rings is 2. The minimum atomic E-state index is -4.91. The van der Waals surface area contributed by atoms with Gasteiger partial charge in [-0.15, -0.1) is 0 Å². The van der Waals surface area contributed by atoms with Crippen molar-refractivity contribution >= 4 is 29.8 Å². The zero-order valence-electron chi connectivity index (χ0n) is 26.4. The summed E-state index contributed by atoms with van der Waals surface area (Å²) in [7, 11) is 0. The lowest BCUT2D eigenvalue weighted by Gasteiger charge is -2.39. The lowest BCUT2D eigenvalue weighted by molar-refractivity contribution is -0.198. The van der Waals surface area contributed by atoms with Crippen LogP contribution in [-0.2, 0) is 9.59 Å². The number of nitrogen functional groups attached to an aromatic ring is 1. The van der Waals surface area contributed by atoms with Gasteiger partial charge >= 0.3 is 18.1 Å². The zero-order chi connectivity index (χ0) is 34.9. The second-order valence-electron chi connectivity index (χ2n) is 12.4. The fourth-order valence-corrected chi connectivity index (χ4v) is 6.45. The van der Waals surface area contributed by atoms with Crippen molar-refractivity contribution in [2.24, 2.45) is 5.41 Å². The monoisotopic (exact) mass is 677 g/mol. The van der Waals surface area contributed by atoms with Gasteiger partial charge in [0, 0.05) is 43.5 Å². The molecule has 1 unspecified atom stereocenters. The quantitative estimate of drug-likeness (QED) is 0.175. The summed E-state index contributed by atoms with van der Waals surface area (Å²) in [5, 5.41) is 25.8. The Morgan fingerprint density at radius 3 is 2.49 bits per heavy atom. The van der Waals surface area contributed by atoms with Gasteiger partial charge in [-0.1, -0.05) is 24.3 Å². The van der Waals surface area contributed by atoms with E-state index in [-0.39, 0.29) is 28.5 Å². The van der Waals surface area contributed by atoms with Crippen molar-refractivity contribution < 1.29 is 37.7 Å². The van der Waals surface area contributed by atoms with E-state index < -0.39 is 30.3 Å². The van der Waals surface area contributed by atoms with Crippen LogP contribution in [0, 0.1) is 12.3 Å². The number of carboxylic acids is 2. The Hall–Kier alpha value is -5.44. The molecule has 2 atom stereocenters. The highest BCUT2D eigenvalue weighted by atomic mass is 19.4. The molecule has 2 fully saturated rings. The molecule has 12 nitrogen and oxygen atoms in total. The lowest BCUT2D eigenvalue weighted by atomic mass is 9.76. The molecule has 0 bridgehead atoms. The summed E-state index contributed by atoms with van der Waals surface area (Å²) in [4.78, 5) is 32.7. The summed E-state index contributed by atoms with van der Waals surface area (Å²) >= 11 is 0. The van der Waals surface area contributed by atoms with Gasteiger partial charge in [0.2, 0.25) is 17.9 Å². The fraction of sp³-hybridized carbons (Fsp3) is 0.324. The van der Waals surface area contributed by atoms with Crippen molar-refractivity contribution in [1.82, 2.24) is 25.1 Å². The van der Waals surface area contributed by atoms with Gasteiger partial charge in [-0.3, -0.25) is 4.79 Å². The van der Waals surface area contributed by atoms with Crippen LogP contribution in [0.15, 0.2) is 66.9 Å². The molecule has 256 valence electrons. The minimum absolute atomic E-state index is 0.134. The van der Waals surface area contributed by atoms with Gasteiger partial charge in [0.05, 0.1) is 11.4 Å². The Kier molecular flexibility index (Phi) is 9.03. The van der Waals surface area contributed by atoms with Gasteiger partial charge in [-0.2, -0.15) is 28.2 Å². The van der Waals surface area contributed by atoms with Gasteiger partial charge in [0.25, 0.3) is 0 Å². The van der Waals surface area contributed by atoms with Crippen LogP contribution < -0.4 is 20.7 Å². The third-order valence-electron chi connectivity index (χ3n) is 8.97. The summed E-state index contributed by atoms with van der Waals surface area (Å²) in [6.07, 6.45) is -1.63. The average molecular weight is 678 g/mol. The Balaban J connectivity index is 1.33. The second kappa shape index (κ2) is 13.2. The van der Waals surface area contributed by atoms with Crippen LogP contribution in [0.3, 0.4) is 0 Å². The number of nitrogens with one attached hydrogen (secondary N) is 1. The molecule has 15 heteroatoms. The maximum absolute atomic E-state index is 15.0. The average Bonchev–Trinajstić information content (AvgIpc) is 3.68. The van der Waals surface area contributed by atoms with E-state index in [0.29, 0.717) is 67.1 Å². The van der Waals surface area contributed by atoms with Crippen LogP contribution in [0.5, 0.6) is 5.88 Å². The van der Waals surface area contributed by atoms with Crippen LogP contribution in [0.2, 0.25) is 0 Å². The molecule has 2 aromatic heterocycles. The van der Waals surface area contributed by atoms with E-state index in [4.69, 9.17) is 15.6 Å². The number of anilines is 2. The molecular formula is C34H34F3N7O5. The van der Waals surface area contributed by atoms with Gasteiger partial charge in [-0.25, -0.2) is 9.48 Å². The van der Waals surface area contributed by atoms with Crippen LogP contribution in [0.4, 0.5) is 24.9 Å². The molecule has 4 aromatic rings. The number of nitrogens with two attached hydrogens (primary N) is 1. The van der Waals surface area contributed by atoms with Gasteiger partial charge in [-0.05, 0) is 78.6 Å². The minimum Gasteiger partial charge on any atom is -0.480 e. The summed E-state index contributed by atoms with van der Waals surface area (Å²) < 4.78 is 52.1. The molecule has 1 spiro atoms. The van der Waals surface area contributed by atoms with E-state index in [0.717, 1.165) is 6.08 Å². The van der Waals surface area contributed by atoms with Gasteiger partial charge in [0.15, 0.2) is 0 Å². The Labute approximate surface area is 279 Å². The van der Waals surface area contributed by atoms with Crippen LogP contribution in [-0.4, -0.2) is 73.8 Å². The third-order valence-corrected chi connectivity index (χ3v) is 8.97. The van der Waals surface area contributed by atoms with Crippen molar-refractivity contribution in [2.45, 2.75) is 44.5 Å². The topological polar surface area (TPSA) is 169 Å². The normalized spacial score (nSPS) is 18.2. The maximum Gasteiger partial charge on any atom is 0.429 e. The number of halogens is 3. The molecular weight excluding hydrogens is 643 g/mol. The summed E-state index contributed by atoms with van der Waals surface area (Å²) in [5.41, 5.74) is 7.85. The highest BCUT2D eigenvalue weighted by molar-refractivity contribution is 5.85. The van der Waals surface area contributed by atoms with Gasteiger partial charge < -0.3 is 30.9 Å². The first-order valence-electron chi connectivity index (χ1n) is 15.6. The SMILES string of the molecule is Cc1ccn(-c2ccc(-c3cccc(C=CC(=O)O)c3)cc2[C@@H](Oc2cc(N3CCC4(CC3)CNC(C(=O)O)C4)nc(N)n2)C(F)(F)F)n1. The number of carboxylic acid groups (broad SMARTS) is 2. The largest absolute Gasteiger partial charge is 0.480 e. The van der Waals surface area contributed by atoms with Crippen molar-refractivity contribution in [3.63, 3.8) is 0 Å². The highest BCUT2D eigenvalue weighted by Crippen LogP contribution is 2.43. The van der Waals surface area contributed by atoms with E-state index in [1.807, 2.05) is 4.90 Å². The second-order valence-corrected chi connectivity index (χ2v) is 12.4. The first-order valence-corrected chi connectivity index (χ1v) is 15.6. The number of hydrogen-bond acceptors (Lipinski definition) is 9. The molecule has 5 N–H and O–H groups in total. The van der Waals surface area contributed by atoms with Crippen molar-refractivity contribution in [1.29, 1.82) is 0 Å². The predicted octanol–water partition coefficient (Wildman–Crippen LogP) is 5.03. The van der Waals surface area contributed by atoms with Crippen molar-refractivity contribution in [3.8, 4) is 22.7 Å². The van der Waals surface area contributed by atoms with E-state index >= 15 is 13.2 Å². The molecule has 2 aromatic carbocycles. The van der Waals surface area contributed by atoms with Gasteiger partial charge in [0.1, 0.15) is 11.9 Å². The summed E-state index contributed by atoms with van der Waals surface area (Å²) in [5.74, 6) is -2.34. The molecule has 0 aliphatic carbocycles. The molecule has 4 heterocycles. The Morgan fingerprint density at radius 2 is 1.84 bits per heavy atom. The molecule has 49 heavy (non-hydrogen) atoms. The fourth-order valence-electron chi connectivity index (χ4n) is 6.45. The number of aryl methyl sites for hydroxylation is 1. The van der Waals surface area contributed by atoms with Crippen LogP contribution in [0.1, 0.15) is 42.2 Å². The third kappa shape index (κ3) is 7.51. The number of ether oxygens (including phenoxy) is 1. The first kappa shape index (κ1) is 33.5. The molecule has 0 amide bonds. The number of piperidine rings is 1. The molecule has 0 saturated carbocycles. The molecule has 2 aliphatic heterocycles.